The molecule has 0 radical (unpaired) electrons. The van der Waals surface area contributed by atoms with Crippen molar-refractivity contribution < 1.29 is 4.79 Å². The molecule has 2 aromatic rings. The molecule has 0 saturated heterocycles. The smallest absolute Gasteiger partial charge is 0.222 e. The Morgan fingerprint density at radius 1 is 1.45 bits per heavy atom. The van der Waals surface area contributed by atoms with Crippen LogP contribution in [-0.4, -0.2) is 25.5 Å². The van der Waals surface area contributed by atoms with Gasteiger partial charge in [-0.3, -0.25) is 14.2 Å². The molecule has 6 nitrogen and oxygen atoms in total. The summed E-state index contributed by atoms with van der Waals surface area (Å²) in [5.74, 6) is -0.0146. The number of rotatable bonds is 5. The minimum atomic E-state index is -0.0146. The first-order chi connectivity index (χ1) is 9.47. The van der Waals surface area contributed by atoms with E-state index in [-0.39, 0.29) is 5.91 Å². The molecule has 2 rings (SSSR count). The molecule has 0 atom stereocenters. The van der Waals surface area contributed by atoms with Crippen LogP contribution in [0, 0.1) is 13.8 Å². The van der Waals surface area contributed by atoms with Crippen LogP contribution in [0.2, 0.25) is 5.02 Å². The fourth-order valence-corrected chi connectivity index (χ4v) is 2.18. The summed E-state index contributed by atoms with van der Waals surface area (Å²) in [5, 5.41) is 11.8. The maximum absolute atomic E-state index is 11.8. The number of aryl methyl sites for hydroxylation is 3. The lowest BCUT2D eigenvalue weighted by atomic mass is 10.2. The van der Waals surface area contributed by atoms with E-state index in [1.54, 1.807) is 17.1 Å². The Bertz CT molecular complexity index is 616. The van der Waals surface area contributed by atoms with Gasteiger partial charge in [0.05, 0.1) is 16.9 Å². The summed E-state index contributed by atoms with van der Waals surface area (Å²) in [5.41, 5.74) is 3.09. The van der Waals surface area contributed by atoms with Crippen molar-refractivity contribution in [1.29, 1.82) is 0 Å². The van der Waals surface area contributed by atoms with Gasteiger partial charge >= 0.3 is 0 Å². The van der Waals surface area contributed by atoms with Crippen LogP contribution in [0.1, 0.15) is 23.4 Å². The molecule has 2 aromatic heterocycles. The molecular weight excluding hydrogens is 278 g/mol. The summed E-state index contributed by atoms with van der Waals surface area (Å²) in [4.78, 5) is 11.8. The Balaban J connectivity index is 1.83. The molecule has 1 N–H and O–H groups in total. The van der Waals surface area contributed by atoms with Gasteiger partial charge in [-0.2, -0.15) is 10.2 Å². The highest BCUT2D eigenvalue weighted by Crippen LogP contribution is 2.11. The number of hydrogen-bond donors (Lipinski definition) is 1. The number of nitrogens with one attached hydrogen (secondary N) is 1. The molecule has 0 aliphatic heterocycles. The van der Waals surface area contributed by atoms with Crippen molar-refractivity contribution in [2.24, 2.45) is 7.05 Å². The number of halogens is 1. The van der Waals surface area contributed by atoms with Crippen LogP contribution in [0.4, 0.5) is 0 Å². The normalized spacial score (nSPS) is 10.8. The minimum absolute atomic E-state index is 0.0146. The topological polar surface area (TPSA) is 64.7 Å². The molecule has 20 heavy (non-hydrogen) atoms. The number of carbonyl (C=O) groups excluding carboxylic acids is 1. The van der Waals surface area contributed by atoms with Crippen molar-refractivity contribution in [3.8, 4) is 0 Å². The Hall–Kier alpha value is -1.82. The number of carbonyl (C=O) groups is 1. The fourth-order valence-electron chi connectivity index (χ4n) is 2.03. The zero-order chi connectivity index (χ0) is 14.7. The van der Waals surface area contributed by atoms with E-state index in [2.05, 4.69) is 15.5 Å². The number of nitrogens with zero attached hydrogens (tertiary/aromatic N) is 4. The summed E-state index contributed by atoms with van der Waals surface area (Å²) in [6.45, 7) is 4.96. The molecule has 0 spiro atoms. The van der Waals surface area contributed by atoms with Gasteiger partial charge in [0.1, 0.15) is 0 Å². The molecule has 2 heterocycles. The second kappa shape index (κ2) is 6.09. The standard InChI is InChI=1S/C13H18ClN5O/c1-9-12(10(2)18(3)17-9)7-15-13(20)4-5-19-8-11(14)6-16-19/h6,8H,4-5,7H2,1-3H3,(H,15,20). The van der Waals surface area contributed by atoms with Gasteiger partial charge in [0.15, 0.2) is 0 Å². The maximum Gasteiger partial charge on any atom is 0.222 e. The van der Waals surface area contributed by atoms with Crippen molar-refractivity contribution in [3.63, 3.8) is 0 Å². The van der Waals surface area contributed by atoms with E-state index in [0.29, 0.717) is 24.5 Å². The largest absolute Gasteiger partial charge is 0.352 e. The molecule has 0 fully saturated rings. The van der Waals surface area contributed by atoms with E-state index in [0.717, 1.165) is 17.0 Å². The highest BCUT2D eigenvalue weighted by Gasteiger charge is 2.10. The first kappa shape index (κ1) is 14.6. The average molecular weight is 296 g/mol. The maximum atomic E-state index is 11.8. The van der Waals surface area contributed by atoms with E-state index in [1.165, 1.54) is 0 Å². The molecule has 0 aliphatic carbocycles. The number of hydrogen-bond acceptors (Lipinski definition) is 3. The second-order valence-electron chi connectivity index (χ2n) is 4.72. The van der Waals surface area contributed by atoms with E-state index in [4.69, 9.17) is 11.6 Å². The Labute approximate surface area is 122 Å². The summed E-state index contributed by atoms with van der Waals surface area (Å²) in [6.07, 6.45) is 3.63. The summed E-state index contributed by atoms with van der Waals surface area (Å²) in [6, 6.07) is 0. The van der Waals surface area contributed by atoms with Crippen LogP contribution in [0.3, 0.4) is 0 Å². The fraction of sp³-hybridized carbons (Fsp3) is 0.462. The van der Waals surface area contributed by atoms with Crippen LogP contribution in [-0.2, 0) is 24.9 Å². The van der Waals surface area contributed by atoms with E-state index >= 15 is 0 Å². The van der Waals surface area contributed by atoms with Gasteiger partial charge in [0.25, 0.3) is 0 Å². The molecule has 108 valence electrons. The van der Waals surface area contributed by atoms with Gasteiger partial charge in [-0.05, 0) is 13.8 Å². The third-order valence-corrected chi connectivity index (χ3v) is 3.49. The van der Waals surface area contributed by atoms with Gasteiger partial charge in [-0.1, -0.05) is 11.6 Å². The van der Waals surface area contributed by atoms with Crippen molar-refractivity contribution in [2.75, 3.05) is 0 Å². The summed E-state index contributed by atoms with van der Waals surface area (Å²) in [7, 11) is 1.90. The second-order valence-corrected chi connectivity index (χ2v) is 5.16. The molecule has 0 aliphatic rings. The first-order valence-electron chi connectivity index (χ1n) is 6.41. The van der Waals surface area contributed by atoms with Gasteiger partial charge < -0.3 is 5.32 Å². The summed E-state index contributed by atoms with van der Waals surface area (Å²) >= 11 is 5.76. The predicted octanol–water partition coefficient (Wildman–Crippen LogP) is 1.59. The molecule has 7 heteroatoms. The van der Waals surface area contributed by atoms with Crippen LogP contribution in [0.15, 0.2) is 12.4 Å². The highest BCUT2D eigenvalue weighted by atomic mass is 35.5. The molecule has 1 amide bonds. The van der Waals surface area contributed by atoms with Crippen LogP contribution < -0.4 is 5.32 Å². The Kier molecular flexibility index (Phi) is 4.44. The van der Waals surface area contributed by atoms with E-state index in [1.807, 2.05) is 25.6 Å². The first-order valence-corrected chi connectivity index (χ1v) is 6.79. The van der Waals surface area contributed by atoms with Crippen molar-refractivity contribution in [3.05, 3.63) is 34.4 Å². The minimum Gasteiger partial charge on any atom is -0.352 e. The van der Waals surface area contributed by atoms with E-state index in [9.17, 15) is 4.79 Å². The van der Waals surface area contributed by atoms with Gasteiger partial charge in [0.2, 0.25) is 5.91 Å². The zero-order valence-corrected chi connectivity index (χ0v) is 12.6. The van der Waals surface area contributed by atoms with Gasteiger partial charge in [-0.25, -0.2) is 0 Å². The third-order valence-electron chi connectivity index (χ3n) is 3.29. The summed E-state index contributed by atoms with van der Waals surface area (Å²) < 4.78 is 3.48. The average Bonchev–Trinajstić information content (AvgIpc) is 2.91. The van der Waals surface area contributed by atoms with Crippen molar-refractivity contribution in [1.82, 2.24) is 24.9 Å². The van der Waals surface area contributed by atoms with E-state index < -0.39 is 0 Å². The lowest BCUT2D eigenvalue weighted by Crippen LogP contribution is -2.24. The van der Waals surface area contributed by atoms with Crippen LogP contribution >= 0.6 is 11.6 Å². The third kappa shape index (κ3) is 3.39. The van der Waals surface area contributed by atoms with Crippen LogP contribution in [0.25, 0.3) is 0 Å². The van der Waals surface area contributed by atoms with Gasteiger partial charge in [0, 0.05) is 44.0 Å². The Morgan fingerprint density at radius 3 is 2.75 bits per heavy atom. The highest BCUT2D eigenvalue weighted by molar-refractivity contribution is 6.30. The molecule has 0 aromatic carbocycles. The monoisotopic (exact) mass is 295 g/mol. The molecule has 0 unspecified atom stereocenters. The molecule has 0 bridgehead atoms. The molecular formula is C13H18ClN5O. The lowest BCUT2D eigenvalue weighted by molar-refractivity contribution is -0.121. The van der Waals surface area contributed by atoms with Gasteiger partial charge in [-0.15, -0.1) is 0 Å². The molecule has 0 saturated carbocycles. The van der Waals surface area contributed by atoms with Crippen LogP contribution in [0.5, 0.6) is 0 Å². The SMILES string of the molecule is Cc1nn(C)c(C)c1CNC(=O)CCn1cc(Cl)cn1. The van der Waals surface area contributed by atoms with Crippen molar-refractivity contribution in [2.45, 2.75) is 33.4 Å². The number of amides is 1. The predicted molar refractivity (Wildman–Crippen MR) is 76.4 cm³/mol. The zero-order valence-electron chi connectivity index (χ0n) is 11.9. The lowest BCUT2D eigenvalue weighted by Gasteiger charge is -2.06. The Morgan fingerprint density at radius 2 is 2.20 bits per heavy atom. The number of aromatic nitrogens is 4. The van der Waals surface area contributed by atoms with Crippen molar-refractivity contribution >= 4 is 17.5 Å². The quantitative estimate of drug-likeness (QED) is 0.911.